The van der Waals surface area contributed by atoms with Crippen LogP contribution < -0.4 is 0 Å². The van der Waals surface area contributed by atoms with Crippen molar-refractivity contribution in [3.05, 3.63) is 66.1 Å². The Balaban J connectivity index is 1.57. The Morgan fingerprint density at radius 3 is 2.92 bits per heavy atom. The van der Waals surface area contributed by atoms with E-state index in [1.807, 2.05) is 24.0 Å². The summed E-state index contributed by atoms with van der Waals surface area (Å²) in [7, 11) is 1.94. The average Bonchev–Trinajstić information content (AvgIpc) is 3.07. The van der Waals surface area contributed by atoms with Crippen LogP contribution in [0, 0.1) is 5.82 Å². The minimum atomic E-state index is -0.249. The minimum absolute atomic E-state index is 0.249. The molecule has 1 saturated heterocycles. The fraction of sp³-hybridized carbons (Fsp3) is 0.350. The predicted octanol–water partition coefficient (Wildman–Crippen LogP) is 3.40. The summed E-state index contributed by atoms with van der Waals surface area (Å²) in [6, 6.07) is 6.60. The first-order valence-corrected chi connectivity index (χ1v) is 8.96. The van der Waals surface area contributed by atoms with Gasteiger partial charge in [0, 0.05) is 55.8 Å². The van der Waals surface area contributed by atoms with Crippen molar-refractivity contribution in [1.82, 2.24) is 24.6 Å². The third kappa shape index (κ3) is 3.65. The van der Waals surface area contributed by atoms with Gasteiger partial charge in [0.05, 0.1) is 17.6 Å². The van der Waals surface area contributed by atoms with Gasteiger partial charge in [-0.15, -0.1) is 0 Å². The molecule has 0 amide bonds. The van der Waals surface area contributed by atoms with Crippen LogP contribution in [0.4, 0.5) is 4.39 Å². The van der Waals surface area contributed by atoms with E-state index in [2.05, 4.69) is 26.2 Å². The van der Waals surface area contributed by atoms with Crippen LogP contribution in [0.2, 0.25) is 0 Å². The van der Waals surface area contributed by atoms with E-state index in [1.54, 1.807) is 18.5 Å². The largest absolute Gasteiger partial charge is 0.298 e. The van der Waals surface area contributed by atoms with Gasteiger partial charge >= 0.3 is 0 Å². The SMILES string of the molecule is Cn1cc(CN2CCCC(c3nccnc3-c3cccc(F)c3)C2)cn1. The maximum atomic E-state index is 13.7. The highest BCUT2D eigenvalue weighted by molar-refractivity contribution is 5.62. The second kappa shape index (κ2) is 7.33. The lowest BCUT2D eigenvalue weighted by Crippen LogP contribution is -2.34. The van der Waals surface area contributed by atoms with Crippen molar-refractivity contribution in [2.45, 2.75) is 25.3 Å². The molecule has 0 spiro atoms. The first kappa shape index (κ1) is 16.8. The van der Waals surface area contributed by atoms with Gasteiger partial charge in [-0.05, 0) is 31.5 Å². The third-order valence-corrected chi connectivity index (χ3v) is 4.88. The number of likely N-dealkylation sites (tertiary alicyclic amines) is 1. The fourth-order valence-electron chi connectivity index (χ4n) is 3.74. The first-order chi connectivity index (χ1) is 12.7. The Labute approximate surface area is 152 Å². The zero-order valence-electron chi connectivity index (χ0n) is 14.8. The summed E-state index contributed by atoms with van der Waals surface area (Å²) in [6.07, 6.45) is 9.58. The van der Waals surface area contributed by atoms with Gasteiger partial charge in [-0.25, -0.2) is 4.39 Å². The standard InChI is InChI=1S/C20H22FN5/c1-25-12-15(11-24-25)13-26-9-3-5-17(14-26)20-19(22-7-8-23-20)16-4-2-6-18(21)10-16/h2,4,6-8,10-12,17H,3,5,9,13-14H2,1H3. The van der Waals surface area contributed by atoms with Crippen molar-refractivity contribution in [1.29, 1.82) is 0 Å². The molecule has 3 aromatic rings. The molecular weight excluding hydrogens is 329 g/mol. The summed E-state index contributed by atoms with van der Waals surface area (Å²) in [5.74, 6) is 0.0494. The van der Waals surface area contributed by atoms with Crippen LogP contribution in [0.3, 0.4) is 0 Å². The molecule has 134 valence electrons. The third-order valence-electron chi connectivity index (χ3n) is 4.88. The topological polar surface area (TPSA) is 46.8 Å². The number of rotatable bonds is 4. The number of hydrogen-bond acceptors (Lipinski definition) is 4. The van der Waals surface area contributed by atoms with Crippen LogP contribution in [0.25, 0.3) is 11.3 Å². The molecule has 6 heteroatoms. The van der Waals surface area contributed by atoms with Gasteiger partial charge in [-0.1, -0.05) is 12.1 Å². The number of aryl methyl sites for hydroxylation is 1. The van der Waals surface area contributed by atoms with Crippen molar-refractivity contribution >= 4 is 0 Å². The van der Waals surface area contributed by atoms with E-state index >= 15 is 0 Å². The van der Waals surface area contributed by atoms with Crippen molar-refractivity contribution < 1.29 is 4.39 Å². The Morgan fingerprint density at radius 1 is 1.23 bits per heavy atom. The van der Waals surface area contributed by atoms with E-state index in [9.17, 15) is 4.39 Å². The lowest BCUT2D eigenvalue weighted by Gasteiger charge is -2.32. The van der Waals surface area contributed by atoms with Crippen LogP contribution in [0.1, 0.15) is 30.0 Å². The lowest BCUT2D eigenvalue weighted by atomic mass is 9.91. The number of halogens is 1. The monoisotopic (exact) mass is 351 g/mol. The second-order valence-corrected chi connectivity index (χ2v) is 6.90. The highest BCUT2D eigenvalue weighted by Gasteiger charge is 2.25. The zero-order valence-corrected chi connectivity index (χ0v) is 14.8. The molecule has 0 bridgehead atoms. The van der Waals surface area contributed by atoms with Crippen LogP contribution in [0.15, 0.2) is 49.1 Å². The molecule has 1 aliphatic heterocycles. The highest BCUT2D eigenvalue weighted by Crippen LogP contribution is 2.32. The lowest BCUT2D eigenvalue weighted by molar-refractivity contribution is 0.198. The molecule has 2 aromatic heterocycles. The van der Waals surface area contributed by atoms with Crippen molar-refractivity contribution in [3.63, 3.8) is 0 Å². The number of piperidine rings is 1. The maximum absolute atomic E-state index is 13.7. The van der Waals surface area contributed by atoms with Gasteiger partial charge in [-0.3, -0.25) is 19.5 Å². The first-order valence-electron chi connectivity index (χ1n) is 8.96. The van der Waals surface area contributed by atoms with Crippen molar-refractivity contribution in [2.24, 2.45) is 7.05 Å². The summed E-state index contributed by atoms with van der Waals surface area (Å²) in [4.78, 5) is 11.6. The van der Waals surface area contributed by atoms with Gasteiger partial charge < -0.3 is 0 Å². The Kier molecular flexibility index (Phi) is 4.75. The van der Waals surface area contributed by atoms with E-state index in [1.165, 1.54) is 17.7 Å². The Morgan fingerprint density at radius 2 is 2.12 bits per heavy atom. The van der Waals surface area contributed by atoms with E-state index in [0.717, 1.165) is 49.4 Å². The maximum Gasteiger partial charge on any atom is 0.123 e. The van der Waals surface area contributed by atoms with Crippen LogP contribution in [-0.2, 0) is 13.6 Å². The molecule has 4 rings (SSSR count). The van der Waals surface area contributed by atoms with Gasteiger partial charge in [0.15, 0.2) is 0 Å². The van der Waals surface area contributed by atoms with Crippen molar-refractivity contribution in [2.75, 3.05) is 13.1 Å². The van der Waals surface area contributed by atoms with Crippen LogP contribution in [-0.4, -0.2) is 37.7 Å². The number of aromatic nitrogens is 4. The molecule has 1 aliphatic rings. The molecule has 5 nitrogen and oxygen atoms in total. The van der Waals surface area contributed by atoms with Crippen molar-refractivity contribution in [3.8, 4) is 11.3 Å². The fourth-order valence-corrected chi connectivity index (χ4v) is 3.74. The molecule has 0 aliphatic carbocycles. The molecule has 26 heavy (non-hydrogen) atoms. The summed E-state index contributed by atoms with van der Waals surface area (Å²) in [6.45, 7) is 2.89. The second-order valence-electron chi connectivity index (χ2n) is 6.90. The van der Waals surface area contributed by atoms with Gasteiger partial charge in [0.1, 0.15) is 5.82 Å². The molecule has 1 unspecified atom stereocenters. The number of nitrogens with zero attached hydrogens (tertiary/aromatic N) is 5. The predicted molar refractivity (Wildman–Crippen MR) is 97.9 cm³/mol. The summed E-state index contributed by atoms with van der Waals surface area (Å²) in [5.41, 5.74) is 3.77. The van der Waals surface area contributed by atoms with E-state index in [4.69, 9.17) is 0 Å². The molecule has 1 atom stereocenters. The molecule has 3 heterocycles. The molecular formula is C20H22FN5. The normalized spacial score (nSPS) is 18.2. The quantitative estimate of drug-likeness (QED) is 0.723. The minimum Gasteiger partial charge on any atom is -0.298 e. The van der Waals surface area contributed by atoms with Gasteiger partial charge in [0.25, 0.3) is 0 Å². The van der Waals surface area contributed by atoms with Crippen LogP contribution >= 0.6 is 0 Å². The molecule has 1 fully saturated rings. The Hall–Kier alpha value is -2.60. The Bertz CT molecular complexity index is 891. The smallest absolute Gasteiger partial charge is 0.123 e. The van der Waals surface area contributed by atoms with Gasteiger partial charge in [0.2, 0.25) is 0 Å². The average molecular weight is 351 g/mol. The van der Waals surface area contributed by atoms with E-state index in [0.29, 0.717) is 5.92 Å². The molecule has 1 aromatic carbocycles. The van der Waals surface area contributed by atoms with Crippen LogP contribution in [0.5, 0.6) is 0 Å². The summed E-state index contributed by atoms with van der Waals surface area (Å²) >= 11 is 0. The molecule has 0 radical (unpaired) electrons. The summed E-state index contributed by atoms with van der Waals surface area (Å²) < 4.78 is 15.5. The number of benzene rings is 1. The van der Waals surface area contributed by atoms with E-state index < -0.39 is 0 Å². The van der Waals surface area contributed by atoms with Gasteiger partial charge in [-0.2, -0.15) is 5.10 Å². The highest BCUT2D eigenvalue weighted by atomic mass is 19.1. The number of hydrogen-bond donors (Lipinski definition) is 0. The van der Waals surface area contributed by atoms with E-state index in [-0.39, 0.29) is 5.82 Å². The molecule has 0 saturated carbocycles. The zero-order chi connectivity index (χ0) is 17.9. The summed E-state index contributed by atoms with van der Waals surface area (Å²) in [5, 5.41) is 4.25. The molecule has 0 N–H and O–H groups in total.